The minimum atomic E-state index is -0.250. The van der Waals surface area contributed by atoms with Crippen molar-refractivity contribution in [2.45, 2.75) is 154 Å². The van der Waals surface area contributed by atoms with E-state index in [0.29, 0.717) is 18.8 Å². The Balaban J connectivity index is 1.60. The molecule has 1 saturated heterocycles. The van der Waals surface area contributed by atoms with Crippen LogP contribution in [0.4, 0.5) is 0 Å². The molecule has 1 aliphatic heterocycles. The lowest BCUT2D eigenvalue weighted by atomic mass is 9.71. The fraction of sp³-hybridized carbons (Fsp3) is 0.963. The van der Waals surface area contributed by atoms with Gasteiger partial charge in [-0.15, -0.1) is 0 Å². The van der Waals surface area contributed by atoms with Crippen LogP contribution < -0.4 is 0 Å². The van der Waals surface area contributed by atoms with Gasteiger partial charge in [0.2, 0.25) is 0 Å². The molecule has 0 N–H and O–H groups in total. The Morgan fingerprint density at radius 1 is 0.767 bits per heavy atom. The summed E-state index contributed by atoms with van der Waals surface area (Å²) in [4.78, 5) is 13.1. The molecule has 0 spiro atoms. The Bertz CT molecular complexity index is 449. The number of epoxide rings is 1. The Labute approximate surface area is 187 Å². The highest BCUT2D eigenvalue weighted by Gasteiger charge is 2.54. The number of unbranched alkanes of at least 4 members (excludes halogenated alkanes) is 14. The van der Waals surface area contributed by atoms with Gasteiger partial charge in [-0.3, -0.25) is 4.79 Å². The van der Waals surface area contributed by atoms with E-state index < -0.39 is 0 Å². The maximum Gasteiger partial charge on any atom is 0.312 e. The van der Waals surface area contributed by atoms with Gasteiger partial charge in [-0.25, -0.2) is 0 Å². The van der Waals surface area contributed by atoms with Gasteiger partial charge in [0.05, 0.1) is 24.2 Å². The Kier molecular flexibility index (Phi) is 13.1. The van der Waals surface area contributed by atoms with Crippen LogP contribution in [-0.2, 0) is 14.3 Å². The molecule has 0 aromatic carbocycles. The molecule has 1 saturated carbocycles. The van der Waals surface area contributed by atoms with E-state index in [4.69, 9.17) is 9.47 Å². The summed E-state index contributed by atoms with van der Waals surface area (Å²) in [5.41, 5.74) is -0.250. The summed E-state index contributed by atoms with van der Waals surface area (Å²) < 4.78 is 11.6. The van der Waals surface area contributed by atoms with Crippen LogP contribution in [0.5, 0.6) is 0 Å². The zero-order valence-electron chi connectivity index (χ0n) is 20.2. The van der Waals surface area contributed by atoms with E-state index in [9.17, 15) is 4.79 Å². The molecular formula is C27H50O3. The van der Waals surface area contributed by atoms with Gasteiger partial charge in [-0.2, -0.15) is 0 Å². The molecule has 0 aromatic heterocycles. The summed E-state index contributed by atoms with van der Waals surface area (Å²) in [6.45, 7) is 5.14. The van der Waals surface area contributed by atoms with Gasteiger partial charge in [-0.1, -0.05) is 110 Å². The normalized spacial score (nSPS) is 25.1. The van der Waals surface area contributed by atoms with Gasteiger partial charge in [0.1, 0.15) is 0 Å². The van der Waals surface area contributed by atoms with Crippen LogP contribution in [0.15, 0.2) is 0 Å². The topological polar surface area (TPSA) is 38.8 Å². The van der Waals surface area contributed by atoms with Crippen LogP contribution in [0.25, 0.3) is 0 Å². The minimum Gasteiger partial charge on any atom is -0.465 e. The third-order valence-corrected chi connectivity index (χ3v) is 7.36. The molecule has 1 heterocycles. The number of hydrogen-bond donors (Lipinski definition) is 0. The highest BCUT2D eigenvalue weighted by Crippen LogP contribution is 2.49. The molecule has 3 nitrogen and oxygen atoms in total. The Morgan fingerprint density at radius 2 is 1.30 bits per heavy atom. The average molecular weight is 423 g/mol. The standard InChI is InChI=1S/C27H50O3/c1-3-5-7-9-11-13-15-17-20-27(21-19-24-25(23-27)30-24)26(28)29-22-18-16-14-12-10-8-6-4-2/h24-25H,3-23H2,1-2H3. The van der Waals surface area contributed by atoms with Gasteiger partial charge in [-0.05, 0) is 32.1 Å². The molecule has 2 rings (SSSR count). The predicted octanol–water partition coefficient (Wildman–Crippen LogP) is 8.14. The Morgan fingerprint density at radius 3 is 1.87 bits per heavy atom. The molecule has 3 heteroatoms. The van der Waals surface area contributed by atoms with Crippen molar-refractivity contribution in [1.82, 2.24) is 0 Å². The first kappa shape index (κ1) is 25.7. The molecule has 1 aliphatic carbocycles. The molecule has 3 unspecified atom stereocenters. The highest BCUT2D eigenvalue weighted by molar-refractivity contribution is 5.77. The molecule has 0 radical (unpaired) electrons. The zero-order chi connectivity index (χ0) is 21.5. The highest BCUT2D eigenvalue weighted by atomic mass is 16.6. The van der Waals surface area contributed by atoms with Crippen molar-refractivity contribution in [1.29, 1.82) is 0 Å². The van der Waals surface area contributed by atoms with Crippen molar-refractivity contribution in [2.24, 2.45) is 5.41 Å². The predicted molar refractivity (Wildman–Crippen MR) is 126 cm³/mol. The summed E-state index contributed by atoms with van der Waals surface area (Å²) in [6.07, 6.45) is 25.5. The first-order valence-electron chi connectivity index (χ1n) is 13.5. The van der Waals surface area contributed by atoms with Crippen molar-refractivity contribution in [2.75, 3.05) is 6.61 Å². The minimum absolute atomic E-state index is 0.0855. The van der Waals surface area contributed by atoms with Crippen LogP contribution in [0, 0.1) is 5.41 Å². The van der Waals surface area contributed by atoms with Crippen LogP contribution in [0.3, 0.4) is 0 Å². The van der Waals surface area contributed by atoms with Crippen LogP contribution >= 0.6 is 0 Å². The third-order valence-electron chi connectivity index (χ3n) is 7.36. The summed E-state index contributed by atoms with van der Waals surface area (Å²) in [7, 11) is 0. The molecule has 0 amide bonds. The van der Waals surface area contributed by atoms with E-state index in [0.717, 1.165) is 38.5 Å². The molecular weight excluding hydrogens is 372 g/mol. The lowest BCUT2D eigenvalue weighted by Crippen LogP contribution is -2.37. The molecule has 3 atom stereocenters. The zero-order valence-corrected chi connectivity index (χ0v) is 20.2. The number of carbonyl (C=O) groups is 1. The second-order valence-electron chi connectivity index (χ2n) is 10.1. The summed E-state index contributed by atoms with van der Waals surface area (Å²) in [5.74, 6) is 0.0855. The van der Waals surface area contributed by atoms with Crippen molar-refractivity contribution in [3.8, 4) is 0 Å². The quantitative estimate of drug-likeness (QED) is 0.120. The number of ether oxygens (including phenoxy) is 2. The number of esters is 1. The molecule has 2 aliphatic rings. The van der Waals surface area contributed by atoms with E-state index in [1.54, 1.807) is 0 Å². The molecule has 0 bridgehead atoms. The van der Waals surface area contributed by atoms with Crippen molar-refractivity contribution < 1.29 is 14.3 Å². The number of fused-ring (bicyclic) bond motifs is 1. The van der Waals surface area contributed by atoms with E-state index in [-0.39, 0.29) is 11.4 Å². The van der Waals surface area contributed by atoms with Gasteiger partial charge in [0.15, 0.2) is 0 Å². The van der Waals surface area contributed by atoms with Gasteiger partial charge in [0.25, 0.3) is 0 Å². The van der Waals surface area contributed by atoms with Crippen molar-refractivity contribution in [3.05, 3.63) is 0 Å². The summed E-state index contributed by atoms with van der Waals surface area (Å²) in [6, 6.07) is 0. The number of rotatable bonds is 19. The molecule has 0 aromatic rings. The maximum absolute atomic E-state index is 13.1. The van der Waals surface area contributed by atoms with Crippen LogP contribution in [0.2, 0.25) is 0 Å². The van der Waals surface area contributed by atoms with Crippen LogP contribution in [0.1, 0.15) is 142 Å². The van der Waals surface area contributed by atoms with Crippen molar-refractivity contribution in [3.63, 3.8) is 0 Å². The number of carbonyl (C=O) groups excluding carboxylic acids is 1. The van der Waals surface area contributed by atoms with Crippen molar-refractivity contribution >= 4 is 5.97 Å². The number of hydrogen-bond acceptors (Lipinski definition) is 3. The molecule has 30 heavy (non-hydrogen) atoms. The largest absolute Gasteiger partial charge is 0.465 e. The molecule has 176 valence electrons. The van der Waals surface area contributed by atoms with Gasteiger partial charge < -0.3 is 9.47 Å². The second-order valence-corrected chi connectivity index (χ2v) is 10.1. The Hall–Kier alpha value is -0.570. The van der Waals surface area contributed by atoms with Gasteiger partial charge in [0, 0.05) is 0 Å². The first-order chi connectivity index (χ1) is 14.7. The molecule has 2 fully saturated rings. The summed E-state index contributed by atoms with van der Waals surface area (Å²) >= 11 is 0. The summed E-state index contributed by atoms with van der Waals surface area (Å²) in [5, 5.41) is 0. The monoisotopic (exact) mass is 422 g/mol. The first-order valence-corrected chi connectivity index (χ1v) is 13.5. The fourth-order valence-electron chi connectivity index (χ4n) is 5.18. The lowest BCUT2D eigenvalue weighted by molar-refractivity contribution is -0.158. The van der Waals surface area contributed by atoms with Gasteiger partial charge >= 0.3 is 5.97 Å². The van der Waals surface area contributed by atoms with E-state index in [1.807, 2.05) is 0 Å². The van der Waals surface area contributed by atoms with Crippen LogP contribution in [-0.4, -0.2) is 24.8 Å². The second kappa shape index (κ2) is 15.3. The van der Waals surface area contributed by atoms with E-state index >= 15 is 0 Å². The SMILES string of the molecule is CCCCCCCCCCOC(=O)C1(CCCCCCCCCC)CCC2OC2C1. The average Bonchev–Trinajstić information content (AvgIpc) is 3.53. The maximum atomic E-state index is 13.1. The fourth-order valence-corrected chi connectivity index (χ4v) is 5.18. The van der Waals surface area contributed by atoms with E-state index in [2.05, 4.69) is 13.8 Å². The van der Waals surface area contributed by atoms with E-state index in [1.165, 1.54) is 89.9 Å². The third kappa shape index (κ3) is 9.71. The smallest absolute Gasteiger partial charge is 0.312 e. The lowest BCUT2D eigenvalue weighted by Gasteiger charge is -2.33.